The maximum atomic E-state index is 12.3. The van der Waals surface area contributed by atoms with Crippen molar-refractivity contribution in [1.82, 2.24) is 0 Å². The number of carbonyl (C=O) groups excluding carboxylic acids is 1. The molecule has 3 unspecified atom stereocenters. The van der Waals surface area contributed by atoms with Gasteiger partial charge in [-0.3, -0.25) is 4.79 Å². The topological polar surface area (TPSA) is 66.8 Å². The van der Waals surface area contributed by atoms with Crippen molar-refractivity contribution in [2.24, 2.45) is 5.92 Å². The quantitative estimate of drug-likeness (QED) is 0.752. The van der Waals surface area contributed by atoms with E-state index < -0.39 is 23.1 Å². The molecule has 0 fully saturated rings. The van der Waals surface area contributed by atoms with Crippen LogP contribution in [-0.2, 0) is 20.7 Å². The van der Waals surface area contributed by atoms with Gasteiger partial charge in [0, 0.05) is 10.9 Å². The first kappa shape index (κ1) is 14.9. The second-order valence-electron chi connectivity index (χ2n) is 6.14. The van der Waals surface area contributed by atoms with Gasteiger partial charge < -0.3 is 14.9 Å². The van der Waals surface area contributed by atoms with Crippen LogP contribution in [0.5, 0.6) is 0 Å². The average molecular weight is 375 g/mol. The number of methoxy groups -OCH3 is 1. The second kappa shape index (κ2) is 4.66. The van der Waals surface area contributed by atoms with Crippen molar-refractivity contribution in [3.8, 4) is 0 Å². The molecule has 5 heteroatoms. The minimum Gasteiger partial charge on any atom is -0.469 e. The number of rotatable bonds is 1. The molecule has 0 spiro atoms. The van der Waals surface area contributed by atoms with E-state index in [1.807, 2.05) is 12.1 Å². The van der Waals surface area contributed by atoms with E-state index in [4.69, 9.17) is 4.74 Å². The average Bonchev–Trinajstić information content (AvgIpc) is 2.56. The molecule has 23 heavy (non-hydrogen) atoms. The highest BCUT2D eigenvalue weighted by Gasteiger charge is 2.62. The third-order valence-corrected chi connectivity index (χ3v) is 5.60. The Balaban J connectivity index is 2.10. The van der Waals surface area contributed by atoms with Crippen molar-refractivity contribution in [3.05, 3.63) is 69.2 Å². The number of benzene rings is 2. The van der Waals surface area contributed by atoms with Crippen molar-refractivity contribution in [2.75, 3.05) is 7.11 Å². The number of fused-ring (bicyclic) bond motifs is 1. The zero-order valence-corrected chi connectivity index (χ0v) is 14.0. The minimum absolute atomic E-state index is 0.0939. The van der Waals surface area contributed by atoms with Crippen LogP contribution in [0.3, 0.4) is 0 Å². The molecule has 3 atom stereocenters. The van der Waals surface area contributed by atoms with Crippen LogP contribution in [0.2, 0.25) is 0 Å². The van der Waals surface area contributed by atoms with Gasteiger partial charge in [0.25, 0.3) is 0 Å². The molecule has 0 heterocycles. The lowest BCUT2D eigenvalue weighted by Gasteiger charge is -2.53. The first-order valence-electron chi connectivity index (χ1n) is 7.36. The molecule has 0 saturated carbocycles. The molecule has 2 aromatic rings. The normalized spacial score (nSPS) is 30.5. The Morgan fingerprint density at radius 2 is 1.78 bits per heavy atom. The van der Waals surface area contributed by atoms with Gasteiger partial charge in [0.15, 0.2) is 0 Å². The standard InChI is InChI=1S/C18H15BrO4/c1-23-16(20)15-9-17(21)11-4-2-3-5-12(11)18(15,22)13-7-6-10(19)8-14(13)17/h2-8,15,21-22H,9H2,1H3. The van der Waals surface area contributed by atoms with E-state index in [-0.39, 0.29) is 6.42 Å². The maximum absolute atomic E-state index is 12.3. The van der Waals surface area contributed by atoms with E-state index in [0.717, 1.165) is 4.47 Å². The van der Waals surface area contributed by atoms with Gasteiger partial charge in [0.05, 0.1) is 13.0 Å². The van der Waals surface area contributed by atoms with E-state index in [1.54, 1.807) is 30.3 Å². The van der Waals surface area contributed by atoms with Crippen LogP contribution in [0.4, 0.5) is 0 Å². The minimum atomic E-state index is -1.50. The molecular formula is C18H15BrO4. The number of esters is 1. The molecule has 2 aromatic carbocycles. The van der Waals surface area contributed by atoms with Crippen LogP contribution in [0, 0.1) is 5.92 Å². The van der Waals surface area contributed by atoms with Gasteiger partial charge in [0.1, 0.15) is 11.2 Å². The van der Waals surface area contributed by atoms with Crippen molar-refractivity contribution in [3.63, 3.8) is 0 Å². The SMILES string of the molecule is COC(=O)C1CC2(O)c3ccccc3C1(O)c1ccc(Br)cc12. The van der Waals surface area contributed by atoms with Crippen LogP contribution < -0.4 is 0 Å². The maximum Gasteiger partial charge on any atom is 0.312 e. The fourth-order valence-electron chi connectivity index (χ4n) is 4.09. The number of hydrogen-bond donors (Lipinski definition) is 2. The first-order chi connectivity index (χ1) is 10.9. The lowest BCUT2D eigenvalue weighted by Crippen LogP contribution is -2.57. The van der Waals surface area contributed by atoms with Gasteiger partial charge in [-0.25, -0.2) is 0 Å². The lowest BCUT2D eigenvalue weighted by molar-refractivity contribution is -0.163. The van der Waals surface area contributed by atoms with Gasteiger partial charge in [-0.2, -0.15) is 0 Å². The molecule has 118 valence electrons. The van der Waals surface area contributed by atoms with E-state index in [9.17, 15) is 15.0 Å². The number of aliphatic hydroxyl groups is 2. The highest BCUT2D eigenvalue weighted by Crippen LogP contribution is 2.60. The predicted octanol–water partition coefficient (Wildman–Crippen LogP) is 2.43. The molecule has 3 aliphatic rings. The van der Waals surface area contributed by atoms with Crippen LogP contribution in [0.1, 0.15) is 28.7 Å². The van der Waals surface area contributed by atoms with Gasteiger partial charge >= 0.3 is 5.97 Å². The molecule has 2 bridgehead atoms. The van der Waals surface area contributed by atoms with Gasteiger partial charge in [-0.1, -0.05) is 46.3 Å². The Bertz CT molecular complexity index is 834. The largest absolute Gasteiger partial charge is 0.469 e. The molecule has 0 aliphatic heterocycles. The van der Waals surface area contributed by atoms with Gasteiger partial charge in [-0.15, -0.1) is 0 Å². The summed E-state index contributed by atoms with van der Waals surface area (Å²) in [6.07, 6.45) is 0.0939. The highest BCUT2D eigenvalue weighted by atomic mass is 79.9. The molecule has 4 nitrogen and oxygen atoms in total. The zero-order valence-electron chi connectivity index (χ0n) is 12.4. The van der Waals surface area contributed by atoms with Crippen LogP contribution >= 0.6 is 15.9 Å². The fraction of sp³-hybridized carbons (Fsp3) is 0.278. The summed E-state index contributed by atoms with van der Waals surface area (Å²) >= 11 is 3.42. The molecule has 0 saturated heterocycles. The summed E-state index contributed by atoms with van der Waals surface area (Å²) in [7, 11) is 1.30. The van der Waals surface area contributed by atoms with Gasteiger partial charge in [0.2, 0.25) is 0 Å². The summed E-state index contributed by atoms with van der Waals surface area (Å²) < 4.78 is 5.70. The third-order valence-electron chi connectivity index (χ3n) is 5.11. The van der Waals surface area contributed by atoms with E-state index in [1.165, 1.54) is 7.11 Å². The number of hydrogen-bond acceptors (Lipinski definition) is 4. The summed E-state index contributed by atoms with van der Waals surface area (Å²) in [4.78, 5) is 12.3. The Hall–Kier alpha value is -1.69. The van der Waals surface area contributed by atoms with E-state index in [2.05, 4.69) is 15.9 Å². The number of halogens is 1. The molecule has 5 rings (SSSR count). The summed E-state index contributed by atoms with van der Waals surface area (Å²) in [6, 6.07) is 12.6. The molecule has 0 radical (unpaired) electrons. The monoisotopic (exact) mass is 374 g/mol. The van der Waals surface area contributed by atoms with Gasteiger partial charge in [-0.05, 0) is 34.4 Å². The summed E-state index contributed by atoms with van der Waals surface area (Å²) in [6.45, 7) is 0. The van der Waals surface area contributed by atoms with Crippen molar-refractivity contribution < 1.29 is 19.7 Å². The Labute approximate surface area is 141 Å². The zero-order chi connectivity index (χ0) is 16.4. The number of ether oxygens (including phenoxy) is 1. The summed E-state index contributed by atoms with van der Waals surface area (Å²) in [5.41, 5.74) is -0.410. The summed E-state index contributed by atoms with van der Waals surface area (Å²) in [5, 5.41) is 23.0. The molecular weight excluding hydrogens is 360 g/mol. The lowest BCUT2D eigenvalue weighted by atomic mass is 9.54. The smallest absolute Gasteiger partial charge is 0.312 e. The first-order valence-corrected chi connectivity index (χ1v) is 8.15. The Kier molecular flexibility index (Phi) is 3.01. The van der Waals surface area contributed by atoms with Crippen molar-refractivity contribution in [1.29, 1.82) is 0 Å². The fourth-order valence-corrected chi connectivity index (χ4v) is 4.45. The van der Waals surface area contributed by atoms with Crippen LogP contribution in [0.15, 0.2) is 46.9 Å². The Morgan fingerprint density at radius 3 is 2.48 bits per heavy atom. The molecule has 3 aliphatic carbocycles. The third kappa shape index (κ3) is 1.70. The highest BCUT2D eigenvalue weighted by molar-refractivity contribution is 9.10. The summed E-state index contributed by atoms with van der Waals surface area (Å²) in [5.74, 6) is -1.37. The van der Waals surface area contributed by atoms with Crippen molar-refractivity contribution >= 4 is 21.9 Å². The van der Waals surface area contributed by atoms with Crippen LogP contribution in [-0.4, -0.2) is 23.3 Å². The molecule has 2 N–H and O–H groups in total. The predicted molar refractivity (Wildman–Crippen MR) is 86.7 cm³/mol. The number of carbonyl (C=O) groups is 1. The van der Waals surface area contributed by atoms with Crippen molar-refractivity contribution in [2.45, 2.75) is 17.6 Å². The molecule has 0 aromatic heterocycles. The van der Waals surface area contributed by atoms with E-state index in [0.29, 0.717) is 22.3 Å². The van der Waals surface area contributed by atoms with E-state index >= 15 is 0 Å². The Morgan fingerprint density at radius 1 is 1.13 bits per heavy atom. The second-order valence-corrected chi connectivity index (χ2v) is 7.06. The molecule has 0 amide bonds. The van der Waals surface area contributed by atoms with Crippen LogP contribution in [0.25, 0.3) is 0 Å².